The van der Waals surface area contributed by atoms with Gasteiger partial charge in [0.2, 0.25) is 0 Å². The number of aryl methyl sites for hydroxylation is 1. The Hall–Kier alpha value is -2.12. The van der Waals surface area contributed by atoms with E-state index >= 15 is 0 Å². The quantitative estimate of drug-likeness (QED) is 0.437. The number of esters is 1. The molecule has 1 aromatic rings. The molecule has 1 N–H and O–H groups in total. The molecule has 0 bridgehead atoms. The van der Waals surface area contributed by atoms with Gasteiger partial charge in [0.15, 0.2) is 0 Å². The molecule has 1 aliphatic rings. The average Bonchev–Trinajstić information content (AvgIpc) is 2.83. The minimum atomic E-state index is -3.89. The lowest BCUT2D eigenvalue weighted by atomic mass is 9.93. The predicted octanol–water partition coefficient (Wildman–Crippen LogP) is 2.78. The molecule has 0 radical (unpaired) electrons. The molecule has 1 aromatic carbocycles. The van der Waals surface area contributed by atoms with Crippen LogP contribution in [0, 0.1) is 12.3 Å². The van der Waals surface area contributed by atoms with E-state index in [0.29, 0.717) is 12.0 Å². The summed E-state index contributed by atoms with van der Waals surface area (Å²) in [5.74, 6) is -0.622. The van der Waals surface area contributed by atoms with Crippen LogP contribution in [0.2, 0.25) is 0 Å². The van der Waals surface area contributed by atoms with Crippen molar-refractivity contribution in [2.75, 3.05) is 13.2 Å². The summed E-state index contributed by atoms with van der Waals surface area (Å²) in [6.07, 6.45) is 4.00. The van der Waals surface area contributed by atoms with Gasteiger partial charge in [-0.3, -0.25) is 4.31 Å². The Kier molecular flexibility index (Phi) is 6.49. The summed E-state index contributed by atoms with van der Waals surface area (Å²) in [5, 5.41) is 10.3. The summed E-state index contributed by atoms with van der Waals surface area (Å²) in [6.45, 7) is 7.68. The van der Waals surface area contributed by atoms with Gasteiger partial charge in [-0.25, -0.2) is 13.2 Å². The number of aliphatic hydroxyl groups excluding tert-OH is 1. The van der Waals surface area contributed by atoms with E-state index in [1.54, 1.807) is 19.1 Å². The van der Waals surface area contributed by atoms with Crippen molar-refractivity contribution in [1.29, 1.82) is 0 Å². The fourth-order valence-corrected chi connectivity index (χ4v) is 4.31. The number of hydrogen-bond donors (Lipinski definition) is 1. The second-order valence-corrected chi connectivity index (χ2v) is 9.25. The first-order valence-corrected chi connectivity index (χ1v) is 10.3. The maximum Gasteiger partial charge on any atom is 0.332 e. The van der Waals surface area contributed by atoms with Crippen LogP contribution in [0.5, 0.6) is 0 Å². The third-order valence-corrected chi connectivity index (χ3v) is 6.09. The molecule has 1 atom stereocenters. The van der Waals surface area contributed by atoms with Crippen molar-refractivity contribution in [1.82, 2.24) is 4.31 Å². The monoisotopic (exact) mass is 393 g/mol. The minimum absolute atomic E-state index is 0.0310. The molecule has 0 fully saturated rings. The van der Waals surface area contributed by atoms with Crippen molar-refractivity contribution in [2.45, 2.75) is 45.1 Å². The number of nitrogens with zero attached hydrogens (tertiary/aromatic N) is 1. The van der Waals surface area contributed by atoms with Gasteiger partial charge in [0.1, 0.15) is 0 Å². The number of benzene rings is 1. The largest absolute Gasteiger partial charge is 0.463 e. The molecule has 2 rings (SSSR count). The Morgan fingerprint density at radius 3 is 2.48 bits per heavy atom. The van der Waals surface area contributed by atoms with Crippen LogP contribution in [0.25, 0.3) is 0 Å². The zero-order chi connectivity index (χ0) is 20.2. The molecule has 0 aromatic heterocycles. The summed E-state index contributed by atoms with van der Waals surface area (Å²) < 4.78 is 32.1. The molecule has 0 heterocycles. The van der Waals surface area contributed by atoms with Gasteiger partial charge in [0.25, 0.3) is 10.0 Å². The number of ether oxygens (including phenoxy) is 1. The van der Waals surface area contributed by atoms with Crippen molar-refractivity contribution < 1.29 is 23.1 Å². The first-order chi connectivity index (χ1) is 12.5. The summed E-state index contributed by atoms with van der Waals surface area (Å²) in [4.78, 5) is 11.8. The normalized spacial score (nSPS) is 19.1. The van der Waals surface area contributed by atoms with E-state index < -0.39 is 22.1 Å². The van der Waals surface area contributed by atoms with Crippen LogP contribution in [0.1, 0.15) is 32.8 Å². The van der Waals surface area contributed by atoms with Gasteiger partial charge >= 0.3 is 5.97 Å². The lowest BCUT2D eigenvalue weighted by Crippen LogP contribution is -2.30. The lowest BCUT2D eigenvalue weighted by molar-refractivity contribution is -0.137. The molecule has 0 spiro atoms. The van der Waals surface area contributed by atoms with Crippen molar-refractivity contribution in [3.8, 4) is 0 Å². The summed E-state index contributed by atoms with van der Waals surface area (Å²) in [6, 6.07) is 6.48. The molecule has 0 saturated heterocycles. The van der Waals surface area contributed by atoms with Crippen LogP contribution in [0.15, 0.2) is 53.1 Å². The Morgan fingerprint density at radius 1 is 1.33 bits per heavy atom. The second-order valence-electron chi connectivity index (χ2n) is 7.36. The number of rotatable bonds is 7. The van der Waals surface area contributed by atoms with Gasteiger partial charge < -0.3 is 9.84 Å². The number of carbonyl (C=O) groups is 1. The van der Waals surface area contributed by atoms with Crippen molar-refractivity contribution in [3.05, 3.63) is 53.8 Å². The third kappa shape index (κ3) is 5.43. The smallest absolute Gasteiger partial charge is 0.332 e. The van der Waals surface area contributed by atoms with Gasteiger partial charge in [-0.1, -0.05) is 37.6 Å². The van der Waals surface area contributed by atoms with Gasteiger partial charge in [0.05, 0.1) is 24.2 Å². The molecule has 7 heteroatoms. The maximum absolute atomic E-state index is 13.1. The highest BCUT2D eigenvalue weighted by Gasteiger charge is 2.33. The summed E-state index contributed by atoms with van der Waals surface area (Å²) in [7, 11) is -3.89. The van der Waals surface area contributed by atoms with Gasteiger partial charge in [-0.15, -0.1) is 0 Å². The van der Waals surface area contributed by atoms with Crippen LogP contribution >= 0.6 is 0 Å². The zero-order valence-corrected chi connectivity index (χ0v) is 17.0. The molecular weight excluding hydrogens is 366 g/mol. The zero-order valence-electron chi connectivity index (χ0n) is 16.2. The molecule has 0 saturated carbocycles. The van der Waals surface area contributed by atoms with E-state index in [1.807, 2.05) is 26.8 Å². The summed E-state index contributed by atoms with van der Waals surface area (Å²) in [5.41, 5.74) is 1.35. The van der Waals surface area contributed by atoms with Crippen molar-refractivity contribution >= 4 is 16.0 Å². The molecule has 27 heavy (non-hydrogen) atoms. The Labute approximate surface area is 161 Å². The van der Waals surface area contributed by atoms with Gasteiger partial charge in [-0.2, -0.15) is 0 Å². The number of sulfonamides is 1. The van der Waals surface area contributed by atoms with Gasteiger partial charge in [-0.05, 0) is 43.4 Å². The van der Waals surface area contributed by atoms with Crippen molar-refractivity contribution in [3.63, 3.8) is 0 Å². The van der Waals surface area contributed by atoms with E-state index in [1.165, 1.54) is 18.3 Å². The Bertz CT molecular complexity index is 838. The lowest BCUT2D eigenvalue weighted by Gasteiger charge is -2.22. The van der Waals surface area contributed by atoms with Crippen LogP contribution in [0.4, 0.5) is 0 Å². The topological polar surface area (TPSA) is 83.9 Å². The van der Waals surface area contributed by atoms with Gasteiger partial charge in [0, 0.05) is 12.3 Å². The number of allylic oxidation sites excluding steroid dienone is 1. The predicted molar refractivity (Wildman–Crippen MR) is 103 cm³/mol. The SMILES string of the molecule is CCOC(=O)/C=C/N(CC1=CC(C)(C)CC1O)S(=O)(=O)c1ccc(C)cc1. The minimum Gasteiger partial charge on any atom is -0.463 e. The number of aliphatic hydroxyl groups is 1. The van der Waals surface area contributed by atoms with Crippen LogP contribution < -0.4 is 0 Å². The first-order valence-electron chi connectivity index (χ1n) is 8.88. The fraction of sp³-hybridized carbons (Fsp3) is 0.450. The van der Waals surface area contributed by atoms with Crippen molar-refractivity contribution in [2.24, 2.45) is 5.41 Å². The summed E-state index contributed by atoms with van der Waals surface area (Å²) >= 11 is 0. The van der Waals surface area contributed by atoms with E-state index in [2.05, 4.69) is 0 Å². The van der Waals surface area contributed by atoms with E-state index in [4.69, 9.17) is 4.74 Å². The average molecular weight is 394 g/mol. The molecule has 148 valence electrons. The molecule has 0 amide bonds. The molecule has 1 aliphatic carbocycles. The molecule has 1 unspecified atom stereocenters. The third-order valence-electron chi connectivity index (χ3n) is 4.35. The Balaban J connectivity index is 2.37. The first kappa shape index (κ1) is 21.2. The highest BCUT2D eigenvalue weighted by Crippen LogP contribution is 2.36. The van der Waals surface area contributed by atoms with E-state index in [0.717, 1.165) is 15.9 Å². The van der Waals surface area contributed by atoms with E-state index in [9.17, 15) is 18.3 Å². The highest BCUT2D eigenvalue weighted by atomic mass is 32.2. The van der Waals surface area contributed by atoms with Crippen LogP contribution in [-0.4, -0.2) is 43.1 Å². The molecule has 0 aliphatic heterocycles. The molecule has 6 nitrogen and oxygen atoms in total. The Morgan fingerprint density at radius 2 is 1.96 bits per heavy atom. The van der Waals surface area contributed by atoms with E-state index in [-0.39, 0.29) is 23.5 Å². The standard InChI is InChI=1S/C20H27NO5S/c1-5-26-19(23)10-11-21(14-16-12-20(3,4)13-18(16)22)27(24,25)17-8-6-15(2)7-9-17/h6-12,18,22H,5,13-14H2,1-4H3/b11-10+. The number of carbonyl (C=O) groups excluding carboxylic acids is 1. The molecular formula is C20H27NO5S. The fourth-order valence-electron chi connectivity index (χ4n) is 3.02. The highest BCUT2D eigenvalue weighted by molar-refractivity contribution is 7.89. The number of hydrogen-bond acceptors (Lipinski definition) is 5. The maximum atomic E-state index is 13.1. The second kappa shape index (κ2) is 8.27. The van der Waals surface area contributed by atoms with Crippen LogP contribution in [0.3, 0.4) is 0 Å². The van der Waals surface area contributed by atoms with Crippen LogP contribution in [-0.2, 0) is 19.6 Å².